The number of aromatic nitrogens is 2. The summed E-state index contributed by atoms with van der Waals surface area (Å²) in [6.45, 7) is 1.15. The van der Waals surface area contributed by atoms with Gasteiger partial charge in [0.1, 0.15) is 23.4 Å². The van der Waals surface area contributed by atoms with E-state index in [1.165, 1.54) is 23.8 Å². The number of likely N-dealkylation sites (tertiary alicyclic amines) is 1. The fourth-order valence-electron chi connectivity index (χ4n) is 4.27. The Balaban J connectivity index is 1.60. The first-order valence-corrected chi connectivity index (χ1v) is 13.7. The SMILES string of the molecule is COc1cc(S(C)(=O)=O)ccc1NCC#Cc1nn2c(N[C@@H]3CCN(C)C[C@@H]3F)cccc2c1C=C(F)F. The van der Waals surface area contributed by atoms with Gasteiger partial charge in [0, 0.05) is 37.1 Å². The molecule has 0 amide bonds. The molecular weight excluding hydrogens is 519 g/mol. The number of piperidine rings is 1. The lowest BCUT2D eigenvalue weighted by atomic mass is 10.0. The Morgan fingerprint density at radius 2 is 2.08 bits per heavy atom. The van der Waals surface area contributed by atoms with Crippen LogP contribution >= 0.6 is 0 Å². The molecule has 1 aliphatic heterocycles. The van der Waals surface area contributed by atoms with E-state index >= 15 is 0 Å². The highest BCUT2D eigenvalue weighted by atomic mass is 32.2. The van der Waals surface area contributed by atoms with Crippen LogP contribution in [0.5, 0.6) is 5.75 Å². The van der Waals surface area contributed by atoms with Gasteiger partial charge in [-0.25, -0.2) is 17.3 Å². The number of ether oxygens (including phenoxy) is 1. The summed E-state index contributed by atoms with van der Waals surface area (Å²) in [7, 11) is -0.120. The van der Waals surface area contributed by atoms with E-state index in [1.54, 1.807) is 24.3 Å². The predicted octanol–water partition coefficient (Wildman–Crippen LogP) is 3.90. The van der Waals surface area contributed by atoms with Crippen LogP contribution in [0.4, 0.5) is 24.7 Å². The first kappa shape index (κ1) is 27.3. The number of hydrogen-bond donors (Lipinski definition) is 2. The van der Waals surface area contributed by atoms with Crippen LogP contribution in [0, 0.1) is 11.8 Å². The van der Waals surface area contributed by atoms with Gasteiger partial charge >= 0.3 is 0 Å². The highest BCUT2D eigenvalue weighted by Crippen LogP contribution is 2.28. The van der Waals surface area contributed by atoms with Crippen molar-refractivity contribution in [2.75, 3.05) is 50.7 Å². The molecule has 3 aromatic rings. The standard InChI is InChI=1S/C26H28F3N5O3S/c1-33-13-11-21(19(27)16-33)31-26-8-4-7-23-18(15-25(28)29)20(32-34(23)26)6-5-12-30-22-10-9-17(38(3,35)36)14-24(22)37-2/h4,7-10,14-15,19,21,30-31H,11-13,16H2,1-3H3/t19-,21+/m0/s1. The third-order valence-corrected chi connectivity index (χ3v) is 7.31. The molecule has 0 radical (unpaired) electrons. The lowest BCUT2D eigenvalue weighted by molar-refractivity contribution is 0.149. The van der Waals surface area contributed by atoms with Crippen LogP contribution < -0.4 is 15.4 Å². The average molecular weight is 548 g/mol. The lowest BCUT2D eigenvalue weighted by Crippen LogP contribution is -2.46. The Morgan fingerprint density at radius 3 is 2.76 bits per heavy atom. The van der Waals surface area contributed by atoms with Gasteiger partial charge in [-0.3, -0.25) is 0 Å². The lowest BCUT2D eigenvalue weighted by Gasteiger charge is -2.33. The van der Waals surface area contributed by atoms with Gasteiger partial charge in [-0.1, -0.05) is 12.0 Å². The molecule has 1 fully saturated rings. The highest BCUT2D eigenvalue weighted by molar-refractivity contribution is 7.90. The zero-order chi connectivity index (χ0) is 27.4. The number of sulfone groups is 1. The molecule has 12 heteroatoms. The quantitative estimate of drug-likeness (QED) is 0.434. The van der Waals surface area contributed by atoms with Crippen LogP contribution in [-0.4, -0.2) is 75.2 Å². The van der Waals surface area contributed by atoms with Crippen LogP contribution in [-0.2, 0) is 9.84 Å². The Morgan fingerprint density at radius 1 is 1.29 bits per heavy atom. The number of alkyl halides is 1. The van der Waals surface area contributed by atoms with Crippen LogP contribution in [0.2, 0.25) is 0 Å². The Kier molecular flexibility index (Phi) is 8.18. The van der Waals surface area contributed by atoms with Crippen LogP contribution in [0.25, 0.3) is 11.6 Å². The maximum Gasteiger partial charge on any atom is 0.271 e. The van der Waals surface area contributed by atoms with Crippen molar-refractivity contribution in [3.8, 4) is 17.6 Å². The molecule has 3 heterocycles. The summed E-state index contributed by atoms with van der Waals surface area (Å²) in [5, 5.41) is 10.6. The summed E-state index contributed by atoms with van der Waals surface area (Å²) in [6.07, 6.45) is -0.574. The number of fused-ring (bicyclic) bond motifs is 1. The van der Waals surface area contributed by atoms with E-state index in [4.69, 9.17) is 4.74 Å². The van der Waals surface area contributed by atoms with Gasteiger partial charge in [0.2, 0.25) is 0 Å². The zero-order valence-corrected chi connectivity index (χ0v) is 21.9. The van der Waals surface area contributed by atoms with E-state index in [0.717, 1.165) is 12.8 Å². The number of nitrogens with one attached hydrogen (secondary N) is 2. The van der Waals surface area contributed by atoms with Gasteiger partial charge in [0.25, 0.3) is 6.08 Å². The van der Waals surface area contributed by atoms with Gasteiger partial charge in [-0.2, -0.15) is 13.9 Å². The van der Waals surface area contributed by atoms with E-state index in [2.05, 4.69) is 27.6 Å². The second-order valence-electron chi connectivity index (χ2n) is 9.01. The molecule has 1 aliphatic rings. The molecule has 2 N–H and O–H groups in total. The largest absolute Gasteiger partial charge is 0.495 e. The first-order chi connectivity index (χ1) is 18.1. The van der Waals surface area contributed by atoms with Crippen LogP contribution in [0.3, 0.4) is 0 Å². The van der Waals surface area contributed by atoms with Crippen molar-refractivity contribution in [1.82, 2.24) is 14.5 Å². The van der Waals surface area contributed by atoms with Gasteiger partial charge in [0.05, 0.1) is 35.8 Å². The van der Waals surface area contributed by atoms with E-state index in [1.807, 2.05) is 11.9 Å². The van der Waals surface area contributed by atoms with E-state index in [0.29, 0.717) is 41.8 Å². The van der Waals surface area contributed by atoms with Crippen molar-refractivity contribution in [2.24, 2.45) is 0 Å². The van der Waals surface area contributed by atoms with Gasteiger partial charge < -0.3 is 20.3 Å². The molecule has 0 saturated carbocycles. The number of anilines is 2. The summed E-state index contributed by atoms with van der Waals surface area (Å²) < 4.78 is 71.5. The molecule has 202 valence electrons. The molecule has 0 spiro atoms. The number of halogens is 3. The third-order valence-electron chi connectivity index (χ3n) is 6.20. The summed E-state index contributed by atoms with van der Waals surface area (Å²) in [4.78, 5) is 2.03. The van der Waals surface area contributed by atoms with Crippen LogP contribution in [0.1, 0.15) is 17.7 Å². The molecule has 2 aromatic heterocycles. The van der Waals surface area contributed by atoms with Crippen molar-refractivity contribution in [3.63, 3.8) is 0 Å². The molecule has 8 nitrogen and oxygen atoms in total. The Bertz CT molecular complexity index is 1520. The van der Waals surface area contributed by atoms with Crippen molar-refractivity contribution in [2.45, 2.75) is 23.5 Å². The van der Waals surface area contributed by atoms with Crippen molar-refractivity contribution >= 4 is 32.9 Å². The molecule has 38 heavy (non-hydrogen) atoms. The number of benzene rings is 1. The highest BCUT2D eigenvalue weighted by Gasteiger charge is 2.28. The van der Waals surface area contributed by atoms with Gasteiger partial charge in [-0.05, 0) is 43.7 Å². The second-order valence-corrected chi connectivity index (χ2v) is 11.0. The fraction of sp³-hybridized carbons (Fsp3) is 0.346. The Labute approximate surface area is 219 Å². The number of rotatable bonds is 7. The predicted molar refractivity (Wildman–Crippen MR) is 141 cm³/mol. The summed E-state index contributed by atoms with van der Waals surface area (Å²) in [6, 6.07) is 9.04. The topological polar surface area (TPSA) is 88.0 Å². The first-order valence-electron chi connectivity index (χ1n) is 11.8. The summed E-state index contributed by atoms with van der Waals surface area (Å²) in [5.41, 5.74) is 1.20. The van der Waals surface area contributed by atoms with E-state index < -0.39 is 28.1 Å². The monoisotopic (exact) mass is 547 g/mol. The molecule has 0 unspecified atom stereocenters. The minimum absolute atomic E-state index is 0.105. The van der Waals surface area contributed by atoms with Crippen molar-refractivity contribution in [3.05, 3.63) is 53.7 Å². The normalized spacial score (nSPS) is 17.9. The molecular formula is C26H28F3N5O3S. The molecule has 0 aliphatic carbocycles. The minimum Gasteiger partial charge on any atom is -0.495 e. The van der Waals surface area contributed by atoms with E-state index in [-0.39, 0.29) is 22.7 Å². The van der Waals surface area contributed by atoms with Gasteiger partial charge in [0.15, 0.2) is 9.84 Å². The van der Waals surface area contributed by atoms with Crippen molar-refractivity contribution in [1.29, 1.82) is 0 Å². The van der Waals surface area contributed by atoms with Gasteiger partial charge in [-0.15, -0.1) is 0 Å². The Hall–Kier alpha value is -3.69. The molecule has 1 saturated heterocycles. The molecule has 2 atom stereocenters. The number of nitrogens with zero attached hydrogens (tertiary/aromatic N) is 3. The van der Waals surface area contributed by atoms with E-state index in [9.17, 15) is 21.6 Å². The number of hydrogen-bond acceptors (Lipinski definition) is 7. The summed E-state index contributed by atoms with van der Waals surface area (Å²) in [5.74, 6) is 6.49. The number of pyridine rings is 1. The minimum atomic E-state index is -3.40. The number of methoxy groups -OCH3 is 1. The maximum atomic E-state index is 14.6. The third kappa shape index (κ3) is 6.23. The van der Waals surface area contributed by atoms with Crippen molar-refractivity contribution < 1.29 is 26.3 Å². The molecule has 1 aromatic carbocycles. The zero-order valence-electron chi connectivity index (χ0n) is 21.1. The fourth-order valence-corrected chi connectivity index (χ4v) is 4.90. The van der Waals surface area contributed by atoms with Crippen LogP contribution in [0.15, 0.2) is 47.4 Å². The molecule has 0 bridgehead atoms. The maximum absolute atomic E-state index is 14.6. The average Bonchev–Trinajstić information content (AvgIpc) is 3.20. The second kappa shape index (κ2) is 11.4. The smallest absolute Gasteiger partial charge is 0.271 e. The molecule has 4 rings (SSSR count). The summed E-state index contributed by atoms with van der Waals surface area (Å²) >= 11 is 0.